The quantitative estimate of drug-likeness (QED) is 0.687. The van der Waals surface area contributed by atoms with Gasteiger partial charge in [0.1, 0.15) is 5.69 Å². The summed E-state index contributed by atoms with van der Waals surface area (Å²) in [6.07, 6.45) is 3.52. The van der Waals surface area contributed by atoms with Gasteiger partial charge in [-0.3, -0.25) is 14.3 Å². The van der Waals surface area contributed by atoms with Crippen molar-refractivity contribution < 1.29 is 14.3 Å². The number of ether oxygens (including phenoxy) is 1. The van der Waals surface area contributed by atoms with Crippen molar-refractivity contribution in [2.45, 2.75) is 44.4 Å². The first kappa shape index (κ1) is 19.8. The van der Waals surface area contributed by atoms with Crippen LogP contribution >= 0.6 is 0 Å². The molecule has 0 radical (unpaired) electrons. The SMILES string of the molecule is COCC1(N(C)C(=O)c2cnn3c2CN(C(=O)c2cc4ccccc4[nH]2)[C@@H](C)C3)CC1. The fourth-order valence-corrected chi connectivity index (χ4v) is 4.58. The molecule has 1 atom stereocenters. The molecule has 5 rings (SSSR count). The van der Waals surface area contributed by atoms with E-state index in [0.717, 1.165) is 29.4 Å². The molecule has 8 nitrogen and oxygen atoms in total. The van der Waals surface area contributed by atoms with Crippen LogP contribution in [-0.4, -0.2) is 68.7 Å². The standard InChI is InChI=1S/C23H27N5O3/c1-15-12-28-20(17(11-24-28)21(29)26(2)23(8-9-23)14-31-3)13-27(15)22(30)19-10-16-6-4-5-7-18(16)25-19/h4-7,10-11,15,25H,8-9,12-14H2,1-3H3/t15-/m0/s1. The molecule has 1 aliphatic carbocycles. The van der Waals surface area contributed by atoms with Crippen molar-refractivity contribution in [3.63, 3.8) is 0 Å². The molecule has 1 fully saturated rings. The first-order valence-electron chi connectivity index (χ1n) is 10.6. The number of fused-ring (bicyclic) bond motifs is 2. The number of hydrogen-bond acceptors (Lipinski definition) is 4. The molecule has 0 saturated heterocycles. The van der Waals surface area contributed by atoms with Crippen LogP contribution in [0.4, 0.5) is 0 Å². The Hall–Kier alpha value is -3.13. The summed E-state index contributed by atoms with van der Waals surface area (Å²) < 4.78 is 7.19. The summed E-state index contributed by atoms with van der Waals surface area (Å²) in [4.78, 5) is 33.5. The van der Waals surface area contributed by atoms with Crippen molar-refractivity contribution >= 4 is 22.7 Å². The number of likely N-dealkylation sites (N-methyl/N-ethyl adjacent to an activating group) is 1. The predicted molar refractivity (Wildman–Crippen MR) is 116 cm³/mol. The number of para-hydroxylation sites is 1. The number of hydrogen-bond donors (Lipinski definition) is 1. The van der Waals surface area contributed by atoms with Gasteiger partial charge >= 0.3 is 0 Å². The number of nitrogens with zero attached hydrogens (tertiary/aromatic N) is 4. The van der Waals surface area contributed by atoms with Crippen LogP contribution < -0.4 is 0 Å². The van der Waals surface area contributed by atoms with E-state index < -0.39 is 0 Å². The number of methoxy groups -OCH3 is 1. The van der Waals surface area contributed by atoms with E-state index in [1.807, 2.05) is 53.9 Å². The Morgan fingerprint density at radius 2 is 2.10 bits per heavy atom. The van der Waals surface area contributed by atoms with E-state index >= 15 is 0 Å². The third-order valence-corrected chi connectivity index (χ3v) is 6.75. The summed E-state index contributed by atoms with van der Waals surface area (Å²) in [6.45, 7) is 3.44. The molecule has 0 spiro atoms. The lowest BCUT2D eigenvalue weighted by atomic mass is 10.1. The highest BCUT2D eigenvalue weighted by Gasteiger charge is 2.49. The van der Waals surface area contributed by atoms with E-state index in [2.05, 4.69) is 10.1 Å². The zero-order chi connectivity index (χ0) is 21.8. The molecule has 1 aliphatic heterocycles. The lowest BCUT2D eigenvalue weighted by Gasteiger charge is -2.34. The van der Waals surface area contributed by atoms with Crippen LogP contribution in [-0.2, 0) is 17.8 Å². The van der Waals surface area contributed by atoms with Gasteiger partial charge in [0, 0.05) is 31.1 Å². The molecule has 1 aromatic carbocycles. The molecule has 3 aromatic rings. The zero-order valence-corrected chi connectivity index (χ0v) is 18.1. The highest BCUT2D eigenvalue weighted by Crippen LogP contribution is 2.42. The largest absolute Gasteiger partial charge is 0.382 e. The normalized spacial score (nSPS) is 19.3. The van der Waals surface area contributed by atoms with Crippen molar-refractivity contribution in [1.29, 1.82) is 0 Å². The van der Waals surface area contributed by atoms with Crippen LogP contribution in [0.2, 0.25) is 0 Å². The molecule has 1 saturated carbocycles. The van der Waals surface area contributed by atoms with Crippen molar-refractivity contribution in [2.24, 2.45) is 0 Å². The van der Waals surface area contributed by atoms with Gasteiger partial charge in [-0.05, 0) is 31.9 Å². The number of aromatic nitrogens is 3. The number of rotatable bonds is 5. The molecule has 0 bridgehead atoms. The van der Waals surface area contributed by atoms with Gasteiger partial charge in [0.15, 0.2) is 0 Å². The molecule has 2 aliphatic rings. The Morgan fingerprint density at radius 1 is 1.32 bits per heavy atom. The van der Waals surface area contributed by atoms with Crippen LogP contribution in [0.15, 0.2) is 36.5 Å². The van der Waals surface area contributed by atoms with Crippen LogP contribution in [0.1, 0.15) is 46.3 Å². The number of carbonyl (C=O) groups is 2. The number of carbonyl (C=O) groups excluding carboxylic acids is 2. The van der Waals surface area contributed by atoms with Crippen LogP contribution in [0.25, 0.3) is 10.9 Å². The van der Waals surface area contributed by atoms with Crippen molar-refractivity contribution in [3.8, 4) is 0 Å². The average Bonchev–Trinajstić information content (AvgIpc) is 3.24. The molecule has 2 aromatic heterocycles. The number of benzene rings is 1. The van der Waals surface area contributed by atoms with Gasteiger partial charge in [0.2, 0.25) is 0 Å². The van der Waals surface area contributed by atoms with Crippen molar-refractivity contribution in [2.75, 3.05) is 20.8 Å². The second-order valence-corrected chi connectivity index (χ2v) is 8.76. The van der Waals surface area contributed by atoms with Gasteiger partial charge in [-0.1, -0.05) is 18.2 Å². The molecular formula is C23H27N5O3. The zero-order valence-electron chi connectivity index (χ0n) is 18.1. The minimum absolute atomic E-state index is 0.0322. The number of aromatic amines is 1. The Labute approximate surface area is 180 Å². The van der Waals surface area contributed by atoms with Crippen LogP contribution in [0, 0.1) is 0 Å². The lowest BCUT2D eigenvalue weighted by Crippen LogP contribution is -2.46. The summed E-state index contributed by atoms with van der Waals surface area (Å²) in [7, 11) is 3.49. The molecule has 162 valence electrons. The molecule has 8 heteroatoms. The fourth-order valence-electron chi connectivity index (χ4n) is 4.58. The fraction of sp³-hybridized carbons (Fsp3) is 0.435. The summed E-state index contributed by atoms with van der Waals surface area (Å²) >= 11 is 0. The Balaban J connectivity index is 1.41. The highest BCUT2D eigenvalue weighted by molar-refractivity contribution is 5.99. The molecule has 31 heavy (non-hydrogen) atoms. The topological polar surface area (TPSA) is 83.5 Å². The van der Waals surface area contributed by atoms with Gasteiger partial charge in [-0.15, -0.1) is 0 Å². The monoisotopic (exact) mass is 421 g/mol. The summed E-state index contributed by atoms with van der Waals surface area (Å²) in [5.41, 5.74) is 2.62. The van der Waals surface area contributed by atoms with Gasteiger partial charge in [0.05, 0.1) is 42.7 Å². The molecule has 1 N–H and O–H groups in total. The van der Waals surface area contributed by atoms with Crippen LogP contribution in [0.5, 0.6) is 0 Å². The van der Waals surface area contributed by atoms with E-state index in [4.69, 9.17) is 4.74 Å². The number of nitrogens with one attached hydrogen (secondary N) is 1. The second-order valence-electron chi connectivity index (χ2n) is 8.76. The summed E-state index contributed by atoms with van der Waals surface area (Å²) in [5.74, 6) is -0.135. The third-order valence-electron chi connectivity index (χ3n) is 6.75. The molecule has 0 unspecified atom stereocenters. The van der Waals surface area contributed by atoms with Crippen molar-refractivity contribution in [1.82, 2.24) is 24.6 Å². The van der Waals surface area contributed by atoms with E-state index in [1.54, 1.807) is 18.2 Å². The van der Waals surface area contributed by atoms with Crippen LogP contribution in [0.3, 0.4) is 0 Å². The maximum Gasteiger partial charge on any atom is 0.270 e. The minimum atomic E-state index is -0.220. The van der Waals surface area contributed by atoms with Gasteiger partial charge in [-0.25, -0.2) is 0 Å². The molecular weight excluding hydrogens is 394 g/mol. The average molecular weight is 422 g/mol. The van der Waals surface area contributed by atoms with Gasteiger partial charge in [-0.2, -0.15) is 5.10 Å². The first-order valence-corrected chi connectivity index (χ1v) is 10.6. The van der Waals surface area contributed by atoms with Gasteiger partial charge in [0.25, 0.3) is 11.8 Å². The number of amides is 2. The predicted octanol–water partition coefficient (Wildman–Crippen LogP) is 2.66. The maximum atomic E-state index is 13.3. The lowest BCUT2D eigenvalue weighted by molar-refractivity contribution is 0.0532. The second kappa shape index (κ2) is 7.23. The summed E-state index contributed by atoms with van der Waals surface area (Å²) in [6, 6.07) is 9.70. The Kier molecular flexibility index (Phi) is 4.62. The smallest absolute Gasteiger partial charge is 0.270 e. The van der Waals surface area contributed by atoms with E-state index in [1.165, 1.54) is 0 Å². The van der Waals surface area contributed by atoms with E-state index in [-0.39, 0.29) is 23.4 Å². The number of H-pyrrole nitrogens is 1. The first-order chi connectivity index (χ1) is 14.9. The maximum absolute atomic E-state index is 13.3. The highest BCUT2D eigenvalue weighted by atomic mass is 16.5. The minimum Gasteiger partial charge on any atom is -0.382 e. The van der Waals surface area contributed by atoms with E-state index in [9.17, 15) is 9.59 Å². The summed E-state index contributed by atoms with van der Waals surface area (Å²) in [5, 5.41) is 5.46. The van der Waals surface area contributed by atoms with Gasteiger partial charge < -0.3 is 19.5 Å². The Bertz CT molecular complexity index is 1130. The van der Waals surface area contributed by atoms with E-state index in [0.29, 0.717) is 31.0 Å². The Morgan fingerprint density at radius 3 is 2.81 bits per heavy atom. The van der Waals surface area contributed by atoms with Crippen molar-refractivity contribution in [3.05, 3.63) is 53.5 Å². The third kappa shape index (κ3) is 3.22. The molecule has 2 amide bonds. The molecule has 3 heterocycles.